The SMILES string of the molecule is [2H]c1cn(-c2cc(F)cc(F)c2)nc1-c1ccc(F)nc1. The summed E-state index contributed by atoms with van der Waals surface area (Å²) in [6, 6.07) is 5.56. The Morgan fingerprint density at radius 1 is 1.05 bits per heavy atom. The van der Waals surface area contributed by atoms with E-state index in [1.165, 1.54) is 23.1 Å². The summed E-state index contributed by atoms with van der Waals surface area (Å²) in [7, 11) is 0. The average molecular weight is 276 g/mol. The molecule has 3 rings (SSSR count). The number of nitrogens with zero attached hydrogens (tertiary/aromatic N) is 3. The molecule has 1 aromatic carbocycles. The fourth-order valence-electron chi connectivity index (χ4n) is 1.75. The zero-order valence-electron chi connectivity index (χ0n) is 11.0. The van der Waals surface area contributed by atoms with Crippen molar-refractivity contribution in [3.05, 3.63) is 66.4 Å². The summed E-state index contributed by atoms with van der Waals surface area (Å²) in [5.74, 6) is -2.12. The van der Waals surface area contributed by atoms with Crippen LogP contribution < -0.4 is 0 Å². The third-order valence-electron chi connectivity index (χ3n) is 2.64. The second-order valence-electron chi connectivity index (χ2n) is 4.06. The topological polar surface area (TPSA) is 30.7 Å². The standard InChI is InChI=1S/C14H8F3N3/c15-10-5-11(16)7-12(6-10)20-4-3-13(19-20)9-1-2-14(17)18-8-9/h1-8H/i3D. The van der Waals surface area contributed by atoms with Gasteiger partial charge in [0.05, 0.1) is 12.8 Å². The maximum atomic E-state index is 13.2. The predicted molar refractivity (Wildman–Crippen MR) is 66.7 cm³/mol. The summed E-state index contributed by atoms with van der Waals surface area (Å²) in [5, 5.41) is 4.10. The van der Waals surface area contributed by atoms with Crippen molar-refractivity contribution in [3.8, 4) is 16.9 Å². The molecule has 3 aromatic rings. The van der Waals surface area contributed by atoms with Crippen LogP contribution in [0.3, 0.4) is 0 Å². The number of benzene rings is 1. The molecule has 0 spiro atoms. The lowest BCUT2D eigenvalue weighted by atomic mass is 10.2. The summed E-state index contributed by atoms with van der Waals surface area (Å²) >= 11 is 0. The second kappa shape index (κ2) is 4.80. The van der Waals surface area contributed by atoms with E-state index in [0.29, 0.717) is 5.56 Å². The van der Waals surface area contributed by atoms with Crippen LogP contribution in [0.25, 0.3) is 16.9 Å². The van der Waals surface area contributed by atoms with Crippen molar-refractivity contribution in [1.29, 1.82) is 0 Å². The van der Waals surface area contributed by atoms with Crippen LogP contribution >= 0.6 is 0 Å². The Hall–Kier alpha value is -2.63. The third-order valence-corrected chi connectivity index (χ3v) is 2.64. The Morgan fingerprint density at radius 3 is 2.45 bits per heavy atom. The van der Waals surface area contributed by atoms with Gasteiger partial charge < -0.3 is 0 Å². The van der Waals surface area contributed by atoms with E-state index in [-0.39, 0.29) is 17.4 Å². The van der Waals surface area contributed by atoms with E-state index in [9.17, 15) is 13.2 Å². The van der Waals surface area contributed by atoms with Crippen LogP contribution in [-0.2, 0) is 0 Å². The van der Waals surface area contributed by atoms with Gasteiger partial charge in [-0.15, -0.1) is 0 Å². The number of aromatic nitrogens is 3. The summed E-state index contributed by atoms with van der Waals surface area (Å²) in [6.45, 7) is 0. The third kappa shape index (κ3) is 2.40. The lowest BCUT2D eigenvalue weighted by Gasteiger charge is -2.02. The van der Waals surface area contributed by atoms with Gasteiger partial charge in [-0.3, -0.25) is 0 Å². The lowest BCUT2D eigenvalue weighted by molar-refractivity contribution is 0.580. The van der Waals surface area contributed by atoms with Crippen LogP contribution in [0.1, 0.15) is 1.37 Å². The van der Waals surface area contributed by atoms with Gasteiger partial charge in [-0.1, -0.05) is 0 Å². The second-order valence-corrected chi connectivity index (χ2v) is 4.06. The van der Waals surface area contributed by atoms with E-state index in [4.69, 9.17) is 1.37 Å². The van der Waals surface area contributed by atoms with Gasteiger partial charge in [0.1, 0.15) is 11.6 Å². The van der Waals surface area contributed by atoms with Gasteiger partial charge >= 0.3 is 0 Å². The van der Waals surface area contributed by atoms with E-state index < -0.39 is 17.6 Å². The van der Waals surface area contributed by atoms with Crippen molar-refractivity contribution >= 4 is 0 Å². The minimum atomic E-state index is -0.739. The van der Waals surface area contributed by atoms with Crippen LogP contribution in [0, 0.1) is 17.6 Å². The van der Waals surface area contributed by atoms with E-state index in [1.54, 1.807) is 0 Å². The molecule has 2 aromatic heterocycles. The molecule has 0 bridgehead atoms. The smallest absolute Gasteiger partial charge is 0.212 e. The van der Waals surface area contributed by atoms with Gasteiger partial charge in [0.15, 0.2) is 0 Å². The van der Waals surface area contributed by atoms with E-state index in [1.807, 2.05) is 0 Å². The molecule has 0 unspecified atom stereocenters. The number of hydrogen-bond donors (Lipinski definition) is 0. The van der Waals surface area contributed by atoms with Gasteiger partial charge in [-0.05, 0) is 30.3 Å². The number of hydrogen-bond acceptors (Lipinski definition) is 2. The Kier molecular flexibility index (Phi) is 2.70. The van der Waals surface area contributed by atoms with Gasteiger partial charge in [0, 0.05) is 24.0 Å². The molecule has 0 amide bonds. The van der Waals surface area contributed by atoms with Crippen LogP contribution in [0.2, 0.25) is 0 Å². The summed E-state index contributed by atoms with van der Waals surface area (Å²) in [6.07, 6.45) is 2.55. The van der Waals surface area contributed by atoms with Crippen molar-refractivity contribution in [2.45, 2.75) is 0 Å². The first-order chi connectivity index (χ1) is 10.0. The molecular weight excluding hydrogens is 267 g/mol. The summed E-state index contributed by atoms with van der Waals surface area (Å²) < 4.78 is 48.2. The largest absolute Gasteiger partial charge is 0.240 e. The van der Waals surface area contributed by atoms with Crippen molar-refractivity contribution in [3.63, 3.8) is 0 Å². The highest BCUT2D eigenvalue weighted by Gasteiger charge is 2.07. The maximum absolute atomic E-state index is 13.2. The Morgan fingerprint density at radius 2 is 1.80 bits per heavy atom. The quantitative estimate of drug-likeness (QED) is 0.672. The summed E-state index contributed by atoms with van der Waals surface area (Å²) in [5.41, 5.74) is 0.839. The first-order valence-corrected chi connectivity index (χ1v) is 5.67. The minimum absolute atomic E-state index is 0.0353. The molecule has 0 aliphatic rings. The molecule has 20 heavy (non-hydrogen) atoms. The van der Waals surface area contributed by atoms with E-state index in [2.05, 4.69) is 10.1 Å². The fraction of sp³-hybridized carbons (Fsp3) is 0. The molecule has 0 N–H and O–H groups in total. The molecule has 3 nitrogen and oxygen atoms in total. The van der Waals surface area contributed by atoms with Gasteiger partial charge in [-0.25, -0.2) is 18.4 Å². The zero-order chi connectivity index (χ0) is 15.0. The normalized spacial score (nSPS) is 11.4. The first-order valence-electron chi connectivity index (χ1n) is 6.17. The fourth-order valence-corrected chi connectivity index (χ4v) is 1.75. The van der Waals surface area contributed by atoms with Crippen molar-refractivity contribution in [1.82, 2.24) is 14.8 Å². The molecule has 0 saturated carbocycles. The highest BCUT2D eigenvalue weighted by atomic mass is 19.1. The number of pyridine rings is 1. The van der Waals surface area contributed by atoms with Crippen LogP contribution in [0.4, 0.5) is 13.2 Å². The molecule has 0 radical (unpaired) electrons. The molecule has 100 valence electrons. The minimum Gasteiger partial charge on any atom is -0.240 e. The number of halogens is 3. The van der Waals surface area contributed by atoms with Crippen LogP contribution in [-0.4, -0.2) is 14.8 Å². The van der Waals surface area contributed by atoms with Crippen LogP contribution in [0.5, 0.6) is 0 Å². The molecule has 6 heteroatoms. The number of rotatable bonds is 2. The molecule has 0 saturated heterocycles. The average Bonchev–Trinajstić information content (AvgIpc) is 2.81. The van der Waals surface area contributed by atoms with Crippen molar-refractivity contribution in [2.75, 3.05) is 0 Å². The molecule has 0 aliphatic heterocycles. The molecule has 0 fully saturated rings. The van der Waals surface area contributed by atoms with Crippen molar-refractivity contribution in [2.24, 2.45) is 0 Å². The zero-order valence-corrected chi connectivity index (χ0v) is 10.0. The Bertz CT molecular complexity index is 779. The summed E-state index contributed by atoms with van der Waals surface area (Å²) in [4.78, 5) is 3.49. The van der Waals surface area contributed by atoms with E-state index >= 15 is 0 Å². The van der Waals surface area contributed by atoms with Gasteiger partial charge in [0.2, 0.25) is 5.95 Å². The Labute approximate surface area is 113 Å². The van der Waals surface area contributed by atoms with Gasteiger partial charge in [0.25, 0.3) is 0 Å². The highest BCUT2D eigenvalue weighted by molar-refractivity contribution is 5.57. The molecule has 2 heterocycles. The van der Waals surface area contributed by atoms with Crippen LogP contribution in [0.15, 0.2) is 48.8 Å². The monoisotopic (exact) mass is 276 g/mol. The predicted octanol–water partition coefficient (Wildman–Crippen LogP) is 3.35. The molecule has 0 aliphatic carbocycles. The Balaban J connectivity index is 2.07. The lowest BCUT2D eigenvalue weighted by Crippen LogP contribution is -1.97. The molecule has 0 atom stereocenters. The molecular formula is C14H8F3N3. The van der Waals surface area contributed by atoms with E-state index in [0.717, 1.165) is 24.3 Å². The highest BCUT2D eigenvalue weighted by Crippen LogP contribution is 2.18. The maximum Gasteiger partial charge on any atom is 0.212 e. The van der Waals surface area contributed by atoms with Crippen molar-refractivity contribution < 1.29 is 14.5 Å². The van der Waals surface area contributed by atoms with Gasteiger partial charge in [-0.2, -0.15) is 9.49 Å². The first kappa shape index (κ1) is 11.2.